The number of halogens is 2. The lowest BCUT2D eigenvalue weighted by molar-refractivity contribution is 0.0595. The Bertz CT molecular complexity index is 1500. The highest BCUT2D eigenvalue weighted by molar-refractivity contribution is 5.90. The van der Waals surface area contributed by atoms with Crippen LogP contribution in [-0.2, 0) is 4.74 Å². The normalized spacial score (nSPS) is 10.9. The Morgan fingerprint density at radius 3 is 2.44 bits per heavy atom. The van der Waals surface area contributed by atoms with E-state index in [1.54, 1.807) is 18.2 Å². The Labute approximate surface area is 191 Å². The van der Waals surface area contributed by atoms with Crippen LogP contribution in [0.25, 0.3) is 39.9 Å². The van der Waals surface area contributed by atoms with Crippen molar-refractivity contribution in [2.24, 2.45) is 0 Å². The molecule has 0 aliphatic rings. The van der Waals surface area contributed by atoms with E-state index >= 15 is 0 Å². The van der Waals surface area contributed by atoms with Crippen molar-refractivity contribution >= 4 is 5.97 Å². The summed E-state index contributed by atoms with van der Waals surface area (Å²) in [5.41, 5.74) is 1.62. The Kier molecular flexibility index (Phi) is 5.38. The fourth-order valence-electron chi connectivity index (χ4n) is 3.44. The first-order chi connectivity index (χ1) is 16.6. The van der Waals surface area contributed by atoms with E-state index < -0.39 is 17.6 Å². The van der Waals surface area contributed by atoms with Crippen molar-refractivity contribution in [1.82, 2.24) is 25.1 Å². The van der Waals surface area contributed by atoms with E-state index in [1.165, 1.54) is 30.0 Å². The number of methoxy groups -OCH3 is 1. The Balaban J connectivity index is 1.60. The maximum absolute atomic E-state index is 14.6. The summed E-state index contributed by atoms with van der Waals surface area (Å²) < 4.78 is 40.2. The largest absolute Gasteiger partial charge is 0.465 e. The molecule has 3 aromatic carbocycles. The third kappa shape index (κ3) is 3.71. The number of esters is 1. The van der Waals surface area contributed by atoms with Crippen LogP contribution in [0.2, 0.25) is 0 Å². The highest BCUT2D eigenvalue weighted by Crippen LogP contribution is 2.33. The molecule has 0 amide bonds. The number of benzene rings is 3. The number of rotatable bonds is 5. The minimum Gasteiger partial charge on any atom is -0.465 e. The summed E-state index contributed by atoms with van der Waals surface area (Å²) in [5, 5.41) is 12.2. The molecule has 0 radical (unpaired) electrons. The average Bonchev–Trinajstić information content (AvgIpc) is 3.52. The Morgan fingerprint density at radius 1 is 0.941 bits per heavy atom. The Hall–Kier alpha value is -4.73. The van der Waals surface area contributed by atoms with Crippen LogP contribution in [-0.4, -0.2) is 38.2 Å². The molecule has 0 N–H and O–H groups in total. The fourth-order valence-corrected chi connectivity index (χ4v) is 3.44. The van der Waals surface area contributed by atoms with Crippen LogP contribution >= 0.6 is 0 Å². The lowest BCUT2D eigenvalue weighted by Crippen LogP contribution is -2.04. The summed E-state index contributed by atoms with van der Waals surface area (Å²) in [6, 6.07) is 19.1. The summed E-state index contributed by atoms with van der Waals surface area (Å²) in [5.74, 6) is -1.98. The second-order valence-electron chi connectivity index (χ2n) is 7.13. The van der Waals surface area contributed by atoms with Gasteiger partial charge in [0.1, 0.15) is 23.0 Å². The lowest BCUT2D eigenvalue weighted by atomic mass is 10.1. The molecular formula is C24H15F2N5O3. The van der Waals surface area contributed by atoms with Crippen LogP contribution < -0.4 is 0 Å². The molecule has 0 fully saturated rings. The van der Waals surface area contributed by atoms with Crippen molar-refractivity contribution < 1.29 is 22.8 Å². The SMILES string of the molecule is COC(=O)c1ccc(-c2noc(-c3nnn(-c4ccccc4F)c3-c3ccccc3)n2)cc1F. The minimum absolute atomic E-state index is 0.00824. The monoisotopic (exact) mass is 459 g/mol. The smallest absolute Gasteiger partial charge is 0.340 e. The van der Waals surface area contributed by atoms with Gasteiger partial charge in [-0.15, -0.1) is 5.10 Å². The molecule has 0 spiro atoms. The van der Waals surface area contributed by atoms with Gasteiger partial charge in [-0.1, -0.05) is 52.8 Å². The first kappa shape index (κ1) is 21.1. The zero-order valence-electron chi connectivity index (χ0n) is 17.6. The fraction of sp³-hybridized carbons (Fsp3) is 0.0417. The van der Waals surface area contributed by atoms with Crippen LogP contribution in [0.3, 0.4) is 0 Å². The molecular weight excluding hydrogens is 444 g/mol. The molecule has 34 heavy (non-hydrogen) atoms. The zero-order valence-corrected chi connectivity index (χ0v) is 17.6. The molecule has 0 aliphatic heterocycles. The summed E-state index contributed by atoms with van der Waals surface area (Å²) >= 11 is 0. The van der Waals surface area contributed by atoms with Gasteiger partial charge in [0.05, 0.1) is 12.7 Å². The Morgan fingerprint density at radius 2 is 1.71 bits per heavy atom. The predicted molar refractivity (Wildman–Crippen MR) is 117 cm³/mol. The molecule has 5 rings (SSSR count). The van der Waals surface area contributed by atoms with Crippen molar-refractivity contribution in [2.45, 2.75) is 0 Å². The highest BCUT2D eigenvalue weighted by atomic mass is 19.1. The van der Waals surface area contributed by atoms with Crippen molar-refractivity contribution in [3.05, 3.63) is 90.0 Å². The first-order valence-corrected chi connectivity index (χ1v) is 10.0. The number of ether oxygens (including phenoxy) is 1. The summed E-state index contributed by atoms with van der Waals surface area (Å²) in [7, 11) is 1.17. The van der Waals surface area contributed by atoms with E-state index in [1.807, 2.05) is 30.3 Å². The molecule has 168 valence electrons. The van der Waals surface area contributed by atoms with Gasteiger partial charge in [0.2, 0.25) is 5.82 Å². The van der Waals surface area contributed by atoms with Crippen LogP contribution in [0.15, 0.2) is 77.3 Å². The summed E-state index contributed by atoms with van der Waals surface area (Å²) in [4.78, 5) is 16.0. The number of nitrogens with zero attached hydrogens (tertiary/aromatic N) is 5. The molecule has 5 aromatic rings. The van der Waals surface area contributed by atoms with Crippen molar-refractivity contribution in [3.8, 4) is 39.9 Å². The zero-order chi connectivity index (χ0) is 23.7. The van der Waals surface area contributed by atoms with Gasteiger partial charge in [0.15, 0.2) is 5.69 Å². The molecule has 0 unspecified atom stereocenters. The maximum atomic E-state index is 14.6. The van der Waals surface area contributed by atoms with Gasteiger partial charge in [-0.2, -0.15) is 4.98 Å². The number of carbonyl (C=O) groups is 1. The molecule has 8 nitrogen and oxygen atoms in total. The van der Waals surface area contributed by atoms with Gasteiger partial charge in [0.25, 0.3) is 5.89 Å². The molecule has 0 bridgehead atoms. The van der Waals surface area contributed by atoms with E-state index in [4.69, 9.17) is 4.52 Å². The predicted octanol–water partition coefficient (Wildman–Crippen LogP) is 4.72. The van der Waals surface area contributed by atoms with Crippen LogP contribution in [0, 0.1) is 11.6 Å². The number of carbonyl (C=O) groups excluding carboxylic acids is 1. The number of aromatic nitrogens is 5. The van der Waals surface area contributed by atoms with E-state index in [0.717, 1.165) is 6.07 Å². The third-order valence-corrected chi connectivity index (χ3v) is 5.06. The van der Waals surface area contributed by atoms with Gasteiger partial charge >= 0.3 is 5.97 Å². The van der Waals surface area contributed by atoms with Gasteiger partial charge in [0, 0.05) is 11.1 Å². The van der Waals surface area contributed by atoms with E-state index in [9.17, 15) is 13.6 Å². The van der Waals surface area contributed by atoms with E-state index in [0.29, 0.717) is 11.3 Å². The molecule has 0 saturated carbocycles. The molecule has 2 aromatic heterocycles. The van der Waals surface area contributed by atoms with E-state index in [2.05, 4.69) is 25.2 Å². The molecule has 0 atom stereocenters. The van der Waals surface area contributed by atoms with Crippen molar-refractivity contribution in [1.29, 1.82) is 0 Å². The quantitative estimate of drug-likeness (QED) is 0.351. The number of hydrogen-bond acceptors (Lipinski definition) is 7. The van der Waals surface area contributed by atoms with E-state index in [-0.39, 0.29) is 34.2 Å². The van der Waals surface area contributed by atoms with Crippen molar-refractivity contribution in [2.75, 3.05) is 7.11 Å². The van der Waals surface area contributed by atoms with Crippen LogP contribution in [0.4, 0.5) is 8.78 Å². The van der Waals surface area contributed by atoms with Crippen LogP contribution in [0.1, 0.15) is 10.4 Å². The van der Waals surface area contributed by atoms with Crippen molar-refractivity contribution in [3.63, 3.8) is 0 Å². The van der Waals surface area contributed by atoms with Crippen LogP contribution in [0.5, 0.6) is 0 Å². The summed E-state index contributed by atoms with van der Waals surface area (Å²) in [6.45, 7) is 0. The minimum atomic E-state index is -0.796. The third-order valence-electron chi connectivity index (χ3n) is 5.06. The number of hydrogen-bond donors (Lipinski definition) is 0. The molecule has 10 heteroatoms. The molecule has 2 heterocycles. The van der Waals surface area contributed by atoms with Gasteiger partial charge in [-0.3, -0.25) is 0 Å². The highest BCUT2D eigenvalue weighted by Gasteiger charge is 2.24. The maximum Gasteiger partial charge on any atom is 0.340 e. The van der Waals surface area contributed by atoms with Gasteiger partial charge in [-0.25, -0.2) is 18.3 Å². The lowest BCUT2D eigenvalue weighted by Gasteiger charge is -2.08. The number of para-hydroxylation sites is 1. The molecule has 0 saturated heterocycles. The topological polar surface area (TPSA) is 95.9 Å². The average molecular weight is 459 g/mol. The first-order valence-electron chi connectivity index (χ1n) is 10.0. The van der Waals surface area contributed by atoms with Gasteiger partial charge < -0.3 is 9.26 Å². The summed E-state index contributed by atoms with van der Waals surface area (Å²) in [6.07, 6.45) is 0. The second kappa shape index (κ2) is 8.66. The molecule has 0 aliphatic carbocycles. The van der Waals surface area contributed by atoms with Gasteiger partial charge in [-0.05, 0) is 30.3 Å². The second-order valence-corrected chi connectivity index (χ2v) is 7.13. The standard InChI is InChI=1S/C24H15F2N5O3/c1-33-24(32)16-12-11-15(13-18(16)26)22-27-23(34-29-22)20-21(14-7-3-2-4-8-14)31(30-28-20)19-10-6-5-9-17(19)25/h2-13H,1H3.